The number of amides is 1. The molecule has 1 rings (SSSR count). The van der Waals surface area contributed by atoms with E-state index in [2.05, 4.69) is 5.32 Å². The highest BCUT2D eigenvalue weighted by atomic mass is 16.6. The molecular weight excluding hydrogens is 280 g/mol. The zero-order chi connectivity index (χ0) is 16.2. The number of aliphatic carboxylic acids is 1. The first-order chi connectivity index (χ1) is 9.72. The minimum atomic E-state index is -1.16. The van der Waals surface area contributed by atoms with Crippen LogP contribution in [0.5, 0.6) is 5.75 Å². The number of carboxylic acids is 1. The molecule has 8 heteroatoms. The van der Waals surface area contributed by atoms with Crippen molar-refractivity contribution >= 4 is 17.6 Å². The van der Waals surface area contributed by atoms with Gasteiger partial charge < -0.3 is 15.5 Å². The molecule has 1 atom stereocenters. The molecule has 1 unspecified atom stereocenters. The monoisotopic (exact) mass is 296 g/mol. The first-order valence-corrected chi connectivity index (χ1v) is 6.23. The number of carbonyl (C=O) groups excluding carboxylic acids is 1. The van der Waals surface area contributed by atoms with Gasteiger partial charge in [0.1, 0.15) is 6.04 Å². The topological polar surface area (TPSA) is 130 Å². The second-order valence-electron chi connectivity index (χ2n) is 4.95. The number of phenolic OH excluding ortho intramolecular Hbond substituents is 1. The molecule has 114 valence electrons. The Hall–Kier alpha value is -2.64. The fraction of sp³-hybridized carbons (Fsp3) is 0.385. The number of nitrogens with zero attached hydrogens (tertiary/aromatic N) is 1. The van der Waals surface area contributed by atoms with Gasteiger partial charge in [-0.2, -0.15) is 0 Å². The van der Waals surface area contributed by atoms with E-state index >= 15 is 0 Å². The molecule has 0 saturated heterocycles. The van der Waals surface area contributed by atoms with E-state index in [9.17, 15) is 24.8 Å². The Kier molecular flexibility index (Phi) is 5.23. The molecule has 1 aromatic rings. The molecular formula is C13H16N2O6. The summed E-state index contributed by atoms with van der Waals surface area (Å²) < 4.78 is 0. The molecule has 3 N–H and O–H groups in total. The van der Waals surface area contributed by atoms with Crippen LogP contribution in [0.1, 0.15) is 30.6 Å². The number of hydrogen-bond donors (Lipinski definition) is 3. The fourth-order valence-corrected chi connectivity index (χ4v) is 1.75. The quantitative estimate of drug-likeness (QED) is 0.539. The molecule has 0 saturated carbocycles. The summed E-state index contributed by atoms with van der Waals surface area (Å²) in [5.74, 6) is -2.46. The molecule has 0 bridgehead atoms. The number of carbonyl (C=O) groups is 2. The molecule has 0 spiro atoms. The van der Waals surface area contributed by atoms with Gasteiger partial charge in [0, 0.05) is 11.6 Å². The summed E-state index contributed by atoms with van der Waals surface area (Å²) in [5.41, 5.74) is -0.573. The summed E-state index contributed by atoms with van der Waals surface area (Å²) >= 11 is 0. The van der Waals surface area contributed by atoms with Crippen LogP contribution >= 0.6 is 0 Å². The van der Waals surface area contributed by atoms with Crippen molar-refractivity contribution in [3.8, 4) is 5.75 Å². The second-order valence-corrected chi connectivity index (χ2v) is 4.95. The normalized spacial score (nSPS) is 12.0. The zero-order valence-electron chi connectivity index (χ0n) is 11.6. The number of nitro groups is 1. The predicted octanol–water partition coefficient (Wildman–Crippen LogP) is 1.53. The number of aromatic hydroxyl groups is 1. The largest absolute Gasteiger partial charge is 0.502 e. The smallest absolute Gasteiger partial charge is 0.326 e. The molecule has 1 aromatic carbocycles. The van der Waals surface area contributed by atoms with E-state index < -0.39 is 34.3 Å². The van der Waals surface area contributed by atoms with Gasteiger partial charge >= 0.3 is 11.7 Å². The molecule has 0 heterocycles. The van der Waals surface area contributed by atoms with Crippen LogP contribution in [0.3, 0.4) is 0 Å². The Morgan fingerprint density at radius 1 is 1.38 bits per heavy atom. The highest BCUT2D eigenvalue weighted by Gasteiger charge is 2.23. The van der Waals surface area contributed by atoms with Gasteiger partial charge in [-0.3, -0.25) is 14.9 Å². The molecule has 0 aromatic heterocycles. The summed E-state index contributed by atoms with van der Waals surface area (Å²) in [5, 5.41) is 31.4. The lowest BCUT2D eigenvalue weighted by Gasteiger charge is -2.16. The first-order valence-electron chi connectivity index (χ1n) is 6.23. The van der Waals surface area contributed by atoms with Crippen LogP contribution in [0.15, 0.2) is 18.2 Å². The predicted molar refractivity (Wildman–Crippen MR) is 73.1 cm³/mol. The Bertz CT molecular complexity index is 570. The summed E-state index contributed by atoms with van der Waals surface area (Å²) in [6.07, 6.45) is 0.250. The van der Waals surface area contributed by atoms with E-state index in [1.54, 1.807) is 0 Å². The van der Waals surface area contributed by atoms with Crippen LogP contribution in [0.4, 0.5) is 5.69 Å². The highest BCUT2D eigenvalue weighted by Crippen LogP contribution is 2.26. The maximum absolute atomic E-state index is 11.9. The summed E-state index contributed by atoms with van der Waals surface area (Å²) in [4.78, 5) is 32.8. The van der Waals surface area contributed by atoms with Crippen LogP contribution in [0, 0.1) is 16.0 Å². The number of hydrogen-bond acceptors (Lipinski definition) is 5. The minimum absolute atomic E-state index is 0.0480. The summed E-state index contributed by atoms with van der Waals surface area (Å²) in [6, 6.07) is 2.01. The van der Waals surface area contributed by atoms with Gasteiger partial charge in [0.15, 0.2) is 5.75 Å². The SMILES string of the molecule is CC(C)CC(NC(=O)c1ccc([N+](=O)[O-])c(O)c1)C(=O)O. The van der Waals surface area contributed by atoms with Crippen molar-refractivity contribution in [1.29, 1.82) is 0 Å². The molecule has 1 amide bonds. The molecule has 21 heavy (non-hydrogen) atoms. The van der Waals surface area contributed by atoms with E-state index in [1.165, 1.54) is 0 Å². The van der Waals surface area contributed by atoms with Crippen LogP contribution in [-0.2, 0) is 4.79 Å². The van der Waals surface area contributed by atoms with Crippen LogP contribution in [0.2, 0.25) is 0 Å². The van der Waals surface area contributed by atoms with Gasteiger partial charge in [0.2, 0.25) is 0 Å². The highest BCUT2D eigenvalue weighted by molar-refractivity contribution is 5.97. The van der Waals surface area contributed by atoms with Crippen LogP contribution < -0.4 is 5.32 Å². The number of nitrogens with one attached hydrogen (secondary N) is 1. The molecule has 0 aliphatic carbocycles. The minimum Gasteiger partial charge on any atom is -0.502 e. The fourth-order valence-electron chi connectivity index (χ4n) is 1.75. The summed E-state index contributed by atoms with van der Waals surface area (Å²) in [6.45, 7) is 3.64. The van der Waals surface area contributed by atoms with Crippen molar-refractivity contribution in [2.45, 2.75) is 26.3 Å². The maximum atomic E-state index is 11.9. The van der Waals surface area contributed by atoms with Crippen LogP contribution in [0.25, 0.3) is 0 Å². The summed E-state index contributed by atoms with van der Waals surface area (Å²) in [7, 11) is 0. The van der Waals surface area contributed by atoms with E-state index in [-0.39, 0.29) is 17.9 Å². The van der Waals surface area contributed by atoms with E-state index in [0.717, 1.165) is 18.2 Å². The zero-order valence-corrected chi connectivity index (χ0v) is 11.6. The second kappa shape index (κ2) is 6.69. The average Bonchev–Trinajstić information content (AvgIpc) is 2.36. The van der Waals surface area contributed by atoms with Crippen molar-refractivity contribution < 1.29 is 24.7 Å². The Labute approximate surface area is 120 Å². The van der Waals surface area contributed by atoms with Gasteiger partial charge in [0.05, 0.1) is 4.92 Å². The maximum Gasteiger partial charge on any atom is 0.326 e. The number of phenols is 1. The number of benzene rings is 1. The third kappa shape index (κ3) is 4.44. The molecule has 0 radical (unpaired) electrons. The van der Waals surface area contributed by atoms with Crippen molar-refractivity contribution in [3.63, 3.8) is 0 Å². The van der Waals surface area contributed by atoms with Gasteiger partial charge in [-0.15, -0.1) is 0 Å². The third-order valence-electron chi connectivity index (χ3n) is 2.74. The lowest BCUT2D eigenvalue weighted by atomic mass is 10.0. The van der Waals surface area contributed by atoms with Crippen molar-refractivity contribution in [3.05, 3.63) is 33.9 Å². The first kappa shape index (κ1) is 16.4. The Morgan fingerprint density at radius 3 is 2.43 bits per heavy atom. The number of rotatable bonds is 6. The van der Waals surface area contributed by atoms with Crippen LogP contribution in [-0.4, -0.2) is 33.1 Å². The van der Waals surface area contributed by atoms with Gasteiger partial charge in [0.25, 0.3) is 5.91 Å². The number of carboxylic acid groups (broad SMARTS) is 1. The number of nitro benzene ring substituents is 1. The van der Waals surface area contributed by atoms with E-state index in [0.29, 0.717) is 0 Å². The molecule has 0 fully saturated rings. The lowest BCUT2D eigenvalue weighted by Crippen LogP contribution is -2.41. The van der Waals surface area contributed by atoms with Gasteiger partial charge in [-0.05, 0) is 24.5 Å². The average molecular weight is 296 g/mol. The van der Waals surface area contributed by atoms with Crippen molar-refractivity contribution in [2.24, 2.45) is 5.92 Å². The third-order valence-corrected chi connectivity index (χ3v) is 2.74. The van der Waals surface area contributed by atoms with E-state index in [4.69, 9.17) is 5.11 Å². The van der Waals surface area contributed by atoms with Crippen molar-refractivity contribution in [2.75, 3.05) is 0 Å². The molecule has 8 nitrogen and oxygen atoms in total. The van der Waals surface area contributed by atoms with Gasteiger partial charge in [-0.25, -0.2) is 4.79 Å². The molecule has 0 aliphatic heterocycles. The standard InChI is InChI=1S/C13H16N2O6/c1-7(2)5-9(13(18)19)14-12(17)8-3-4-10(15(20)21)11(16)6-8/h3-4,6-7,9,16H,5H2,1-2H3,(H,14,17)(H,18,19). The van der Waals surface area contributed by atoms with E-state index in [1.807, 2.05) is 13.8 Å². The lowest BCUT2D eigenvalue weighted by molar-refractivity contribution is -0.385. The molecule has 0 aliphatic rings. The van der Waals surface area contributed by atoms with Gasteiger partial charge in [-0.1, -0.05) is 13.8 Å². The Balaban J connectivity index is 2.90. The Morgan fingerprint density at radius 2 is 2.00 bits per heavy atom. The van der Waals surface area contributed by atoms with Crippen molar-refractivity contribution in [1.82, 2.24) is 5.32 Å².